The Hall–Kier alpha value is -1.83. The summed E-state index contributed by atoms with van der Waals surface area (Å²) in [6.07, 6.45) is 12.0. The topological polar surface area (TPSA) is 9.23 Å². The molecule has 0 heterocycles. The second-order valence-corrected chi connectivity index (χ2v) is 8.69. The van der Waals surface area contributed by atoms with Crippen molar-refractivity contribution < 1.29 is 9.13 Å². The van der Waals surface area contributed by atoms with Crippen molar-refractivity contribution in [3.05, 3.63) is 53.9 Å². The van der Waals surface area contributed by atoms with E-state index in [4.69, 9.17) is 4.74 Å². The normalized spacial score (nSPS) is 28.4. The molecule has 2 aliphatic carbocycles. The molecule has 4 unspecified atom stereocenters. The number of fused-ring (bicyclic) bond motifs is 2. The molecule has 0 aromatic heterocycles. The van der Waals surface area contributed by atoms with Gasteiger partial charge in [-0.25, -0.2) is 4.39 Å². The third-order valence-corrected chi connectivity index (χ3v) is 6.86. The van der Waals surface area contributed by atoms with E-state index in [2.05, 4.69) is 19.1 Å². The highest BCUT2D eigenvalue weighted by Gasteiger charge is 2.34. The summed E-state index contributed by atoms with van der Waals surface area (Å²) in [5.74, 6) is 3.49. The third kappa shape index (κ3) is 3.90. The fourth-order valence-electron chi connectivity index (χ4n) is 5.32. The molecule has 2 aliphatic rings. The zero-order chi connectivity index (χ0) is 18.8. The van der Waals surface area contributed by atoms with E-state index < -0.39 is 0 Å². The summed E-state index contributed by atoms with van der Waals surface area (Å²) in [5.41, 5.74) is 1.39. The minimum Gasteiger partial charge on any atom is -0.486 e. The van der Waals surface area contributed by atoms with Crippen LogP contribution in [-0.4, -0.2) is 6.61 Å². The van der Waals surface area contributed by atoms with Crippen LogP contribution in [0.4, 0.5) is 4.39 Å². The highest BCUT2D eigenvalue weighted by molar-refractivity contribution is 5.85. The monoisotopic (exact) mass is 366 g/mol. The van der Waals surface area contributed by atoms with Crippen molar-refractivity contribution in [1.82, 2.24) is 0 Å². The van der Waals surface area contributed by atoms with E-state index in [-0.39, 0.29) is 5.82 Å². The molecule has 1 nitrogen and oxygen atoms in total. The Morgan fingerprint density at radius 3 is 2.70 bits per heavy atom. The Labute approximate surface area is 162 Å². The van der Waals surface area contributed by atoms with Gasteiger partial charge >= 0.3 is 0 Å². The number of benzene rings is 2. The molecule has 4 atom stereocenters. The SMILES string of the molecule is C/C=C/COc1ccc2cc(C3CCC4CC(C)CCC4C3)ccc2c1F. The number of hydrogen-bond donors (Lipinski definition) is 0. The summed E-state index contributed by atoms with van der Waals surface area (Å²) < 4.78 is 20.3. The molecular weight excluding hydrogens is 335 g/mol. The summed E-state index contributed by atoms with van der Waals surface area (Å²) in [6.45, 7) is 4.75. The van der Waals surface area contributed by atoms with E-state index in [0.717, 1.165) is 23.1 Å². The predicted molar refractivity (Wildman–Crippen MR) is 111 cm³/mol. The second-order valence-electron chi connectivity index (χ2n) is 8.69. The van der Waals surface area contributed by atoms with Crippen LogP contribution in [0.5, 0.6) is 5.75 Å². The van der Waals surface area contributed by atoms with Crippen molar-refractivity contribution >= 4 is 10.8 Å². The maximum Gasteiger partial charge on any atom is 0.172 e. The van der Waals surface area contributed by atoms with Gasteiger partial charge in [0.25, 0.3) is 0 Å². The van der Waals surface area contributed by atoms with Gasteiger partial charge in [-0.05, 0) is 79.7 Å². The summed E-state index contributed by atoms with van der Waals surface area (Å²) in [4.78, 5) is 0. The van der Waals surface area contributed by atoms with E-state index in [1.807, 2.05) is 31.2 Å². The average molecular weight is 367 g/mol. The van der Waals surface area contributed by atoms with Crippen LogP contribution >= 0.6 is 0 Å². The van der Waals surface area contributed by atoms with Crippen LogP contribution in [0.25, 0.3) is 10.8 Å². The lowest BCUT2D eigenvalue weighted by Gasteiger charge is -2.41. The maximum atomic E-state index is 14.8. The molecule has 27 heavy (non-hydrogen) atoms. The Balaban J connectivity index is 1.53. The van der Waals surface area contributed by atoms with Crippen LogP contribution in [0.2, 0.25) is 0 Å². The molecule has 144 valence electrons. The Morgan fingerprint density at radius 1 is 1.04 bits per heavy atom. The summed E-state index contributed by atoms with van der Waals surface area (Å²) in [5, 5.41) is 1.65. The lowest BCUT2D eigenvalue weighted by molar-refractivity contribution is 0.124. The zero-order valence-electron chi connectivity index (χ0n) is 16.6. The average Bonchev–Trinajstić information content (AvgIpc) is 2.69. The highest BCUT2D eigenvalue weighted by atomic mass is 19.1. The van der Waals surface area contributed by atoms with Gasteiger partial charge < -0.3 is 4.74 Å². The van der Waals surface area contributed by atoms with Gasteiger partial charge in [0.1, 0.15) is 6.61 Å². The van der Waals surface area contributed by atoms with Crippen molar-refractivity contribution in [2.75, 3.05) is 6.61 Å². The van der Waals surface area contributed by atoms with Crippen LogP contribution in [0.1, 0.15) is 63.9 Å². The van der Waals surface area contributed by atoms with Gasteiger partial charge in [-0.3, -0.25) is 0 Å². The van der Waals surface area contributed by atoms with Gasteiger partial charge in [-0.15, -0.1) is 0 Å². The maximum absolute atomic E-state index is 14.8. The van der Waals surface area contributed by atoms with Gasteiger partial charge in [-0.2, -0.15) is 0 Å². The minimum absolute atomic E-state index is 0.242. The Bertz CT molecular complexity index is 824. The Kier molecular flexibility index (Phi) is 5.52. The van der Waals surface area contributed by atoms with Crippen molar-refractivity contribution in [2.24, 2.45) is 17.8 Å². The van der Waals surface area contributed by atoms with E-state index in [1.165, 1.54) is 44.1 Å². The first kappa shape index (κ1) is 18.5. The van der Waals surface area contributed by atoms with Gasteiger partial charge in [0.05, 0.1) is 0 Å². The molecule has 2 aromatic carbocycles. The van der Waals surface area contributed by atoms with Crippen LogP contribution in [-0.2, 0) is 0 Å². The van der Waals surface area contributed by atoms with Crippen LogP contribution in [0, 0.1) is 23.6 Å². The van der Waals surface area contributed by atoms with Crippen LogP contribution in [0.15, 0.2) is 42.5 Å². The number of hydrogen-bond acceptors (Lipinski definition) is 1. The van der Waals surface area contributed by atoms with Crippen molar-refractivity contribution in [1.29, 1.82) is 0 Å². The zero-order valence-corrected chi connectivity index (χ0v) is 16.6. The fourth-order valence-corrected chi connectivity index (χ4v) is 5.32. The van der Waals surface area contributed by atoms with Crippen molar-refractivity contribution in [3.63, 3.8) is 0 Å². The van der Waals surface area contributed by atoms with Gasteiger partial charge in [0.2, 0.25) is 0 Å². The van der Waals surface area contributed by atoms with E-state index in [9.17, 15) is 4.39 Å². The molecule has 0 N–H and O–H groups in total. The second kappa shape index (κ2) is 8.04. The van der Waals surface area contributed by atoms with Gasteiger partial charge in [0, 0.05) is 5.39 Å². The molecule has 2 fully saturated rings. The predicted octanol–water partition coefficient (Wildman–Crippen LogP) is 7.25. The number of allylic oxidation sites excluding steroid dienone is 1. The lowest BCUT2D eigenvalue weighted by Crippen LogP contribution is -2.29. The number of rotatable bonds is 4. The first-order valence-electron chi connectivity index (χ1n) is 10.6. The third-order valence-electron chi connectivity index (χ3n) is 6.86. The molecule has 2 heteroatoms. The standard InChI is InChI=1S/C25H31FO/c1-3-4-13-27-24-12-10-22-16-21(9-11-23(22)25(24)26)20-8-7-18-14-17(2)5-6-19(18)15-20/h3-4,9-12,16-20H,5-8,13-15H2,1-2H3/b4-3+. The summed E-state index contributed by atoms with van der Waals surface area (Å²) >= 11 is 0. The molecule has 0 saturated heterocycles. The first-order chi connectivity index (χ1) is 13.2. The van der Waals surface area contributed by atoms with Crippen molar-refractivity contribution in [2.45, 2.75) is 58.3 Å². The van der Waals surface area contributed by atoms with Gasteiger partial charge in [0.15, 0.2) is 11.6 Å². The quantitative estimate of drug-likeness (QED) is 0.518. The molecule has 0 bridgehead atoms. The van der Waals surface area contributed by atoms with Crippen molar-refractivity contribution in [3.8, 4) is 5.75 Å². The molecule has 0 spiro atoms. The first-order valence-corrected chi connectivity index (χ1v) is 10.6. The summed E-state index contributed by atoms with van der Waals surface area (Å²) in [6, 6.07) is 10.1. The molecular formula is C25H31FO. The molecule has 2 aromatic rings. The lowest BCUT2D eigenvalue weighted by atomic mass is 9.64. The summed E-state index contributed by atoms with van der Waals surface area (Å²) in [7, 11) is 0. The molecule has 0 amide bonds. The van der Waals surface area contributed by atoms with E-state index in [1.54, 1.807) is 6.07 Å². The molecule has 0 aliphatic heterocycles. The number of halogens is 1. The van der Waals surface area contributed by atoms with E-state index in [0.29, 0.717) is 23.7 Å². The number of ether oxygens (including phenoxy) is 1. The fraction of sp³-hybridized carbons (Fsp3) is 0.520. The molecule has 2 saturated carbocycles. The minimum atomic E-state index is -0.242. The highest BCUT2D eigenvalue weighted by Crippen LogP contribution is 2.47. The molecule has 0 radical (unpaired) electrons. The van der Waals surface area contributed by atoms with Crippen LogP contribution < -0.4 is 4.74 Å². The van der Waals surface area contributed by atoms with E-state index >= 15 is 0 Å². The Morgan fingerprint density at radius 2 is 1.85 bits per heavy atom. The van der Waals surface area contributed by atoms with Gasteiger partial charge in [-0.1, -0.05) is 49.8 Å². The smallest absolute Gasteiger partial charge is 0.172 e. The molecule has 4 rings (SSSR count). The van der Waals surface area contributed by atoms with Crippen LogP contribution in [0.3, 0.4) is 0 Å². The largest absolute Gasteiger partial charge is 0.486 e.